The molecule has 7 heteroatoms. The zero-order valence-corrected chi connectivity index (χ0v) is 16.3. The molecule has 3 unspecified atom stereocenters. The van der Waals surface area contributed by atoms with Gasteiger partial charge >= 0.3 is 0 Å². The minimum atomic E-state index is -0.562. The number of amides is 3. The second kappa shape index (κ2) is 8.01. The number of rotatable bonds is 5. The predicted octanol–water partition coefficient (Wildman–Crippen LogP) is 1.07. The lowest BCUT2D eigenvalue weighted by molar-refractivity contribution is -0.136. The Hall–Kier alpha value is -2.25. The molecule has 3 amide bonds. The number of imide groups is 1. The van der Waals surface area contributed by atoms with Gasteiger partial charge in [0.2, 0.25) is 11.8 Å². The molecule has 2 fully saturated rings. The van der Waals surface area contributed by atoms with Crippen LogP contribution in [0.15, 0.2) is 18.2 Å². The van der Waals surface area contributed by atoms with E-state index >= 15 is 0 Å². The summed E-state index contributed by atoms with van der Waals surface area (Å²) in [6.45, 7) is 1.08. The molecule has 0 spiro atoms. The fourth-order valence-electron chi connectivity index (χ4n) is 4.73. The fraction of sp³-hybridized carbons (Fsp3) is 0.571. The average Bonchev–Trinajstić information content (AvgIpc) is 3.03. The van der Waals surface area contributed by atoms with Gasteiger partial charge in [-0.1, -0.05) is 24.6 Å². The largest absolute Gasteiger partial charge is 0.322 e. The van der Waals surface area contributed by atoms with Crippen LogP contribution in [0.1, 0.15) is 60.0 Å². The number of nitrogens with zero attached hydrogens (tertiary/aromatic N) is 1. The Morgan fingerprint density at radius 3 is 2.75 bits per heavy atom. The van der Waals surface area contributed by atoms with E-state index in [1.54, 1.807) is 4.90 Å². The Balaban J connectivity index is 1.46. The zero-order chi connectivity index (χ0) is 19.7. The highest BCUT2D eigenvalue weighted by Crippen LogP contribution is 2.30. The normalized spacial score (nSPS) is 27.7. The van der Waals surface area contributed by atoms with Crippen molar-refractivity contribution in [3.05, 3.63) is 34.9 Å². The number of piperidine rings is 1. The summed E-state index contributed by atoms with van der Waals surface area (Å²) in [4.78, 5) is 38.4. The van der Waals surface area contributed by atoms with E-state index in [1.165, 1.54) is 12.8 Å². The Bertz CT molecular complexity index is 794. The standard InChI is InChI=1S/C21H28N4O3/c1-22-15-6-3-7-16(10-15)23-11-13-4-2-5-14-12-25(21(28)19(13)14)17-8-9-18(26)24-20(17)27/h2,4-5,15-17,22-23H,3,6-12H2,1H3,(H,24,26,27). The number of hydrogen-bond acceptors (Lipinski definition) is 5. The number of hydrogen-bond donors (Lipinski definition) is 3. The molecule has 1 aromatic rings. The van der Waals surface area contributed by atoms with E-state index < -0.39 is 6.04 Å². The van der Waals surface area contributed by atoms with E-state index in [9.17, 15) is 14.4 Å². The van der Waals surface area contributed by atoms with Crippen molar-refractivity contribution in [3.8, 4) is 0 Å². The van der Waals surface area contributed by atoms with E-state index in [4.69, 9.17) is 0 Å². The van der Waals surface area contributed by atoms with Crippen molar-refractivity contribution in [1.29, 1.82) is 0 Å². The Labute approximate surface area is 165 Å². The maximum atomic E-state index is 13.1. The van der Waals surface area contributed by atoms with Gasteiger partial charge < -0.3 is 15.5 Å². The van der Waals surface area contributed by atoms with Gasteiger partial charge in [0.15, 0.2) is 0 Å². The SMILES string of the molecule is CNC1CCCC(NCc2cccc3c2C(=O)N(C2CCC(=O)NC2=O)C3)C1. The van der Waals surface area contributed by atoms with E-state index in [0.717, 1.165) is 29.5 Å². The van der Waals surface area contributed by atoms with Crippen molar-refractivity contribution in [1.82, 2.24) is 20.9 Å². The molecule has 0 aromatic heterocycles. The predicted molar refractivity (Wildman–Crippen MR) is 104 cm³/mol. The Morgan fingerprint density at radius 2 is 1.96 bits per heavy atom. The summed E-state index contributed by atoms with van der Waals surface area (Å²) in [7, 11) is 2.01. The van der Waals surface area contributed by atoms with Crippen LogP contribution in [0, 0.1) is 0 Å². The third kappa shape index (κ3) is 3.69. The lowest BCUT2D eigenvalue weighted by atomic mass is 9.91. The van der Waals surface area contributed by atoms with Crippen molar-refractivity contribution in [3.63, 3.8) is 0 Å². The highest BCUT2D eigenvalue weighted by Gasteiger charge is 2.39. The maximum absolute atomic E-state index is 13.1. The van der Waals surface area contributed by atoms with Crippen LogP contribution in [0.25, 0.3) is 0 Å². The number of nitrogens with one attached hydrogen (secondary N) is 3. The first kappa shape index (κ1) is 19.1. The quantitative estimate of drug-likeness (QED) is 0.661. The summed E-state index contributed by atoms with van der Waals surface area (Å²) in [5.74, 6) is -0.723. The lowest BCUT2D eigenvalue weighted by Gasteiger charge is -2.30. The van der Waals surface area contributed by atoms with E-state index in [2.05, 4.69) is 16.0 Å². The number of carbonyl (C=O) groups is 3. The molecular formula is C21H28N4O3. The van der Waals surface area contributed by atoms with Crippen LogP contribution >= 0.6 is 0 Å². The van der Waals surface area contributed by atoms with Crippen molar-refractivity contribution in [2.24, 2.45) is 0 Å². The minimum absolute atomic E-state index is 0.0985. The third-order valence-electron chi connectivity index (χ3n) is 6.30. The molecule has 150 valence electrons. The van der Waals surface area contributed by atoms with Gasteiger partial charge in [0, 0.05) is 37.2 Å². The summed E-state index contributed by atoms with van der Waals surface area (Å²) in [5.41, 5.74) is 2.68. The number of carbonyl (C=O) groups excluding carboxylic acids is 3. The smallest absolute Gasteiger partial charge is 0.255 e. The average molecular weight is 384 g/mol. The lowest BCUT2D eigenvalue weighted by Crippen LogP contribution is -2.52. The zero-order valence-electron chi connectivity index (χ0n) is 16.3. The minimum Gasteiger partial charge on any atom is -0.322 e. The van der Waals surface area contributed by atoms with Crippen molar-refractivity contribution >= 4 is 17.7 Å². The monoisotopic (exact) mass is 384 g/mol. The van der Waals surface area contributed by atoms with E-state index in [-0.39, 0.29) is 24.1 Å². The molecule has 2 heterocycles. The van der Waals surface area contributed by atoms with Crippen LogP contribution in [-0.2, 0) is 22.7 Å². The molecule has 0 bridgehead atoms. The van der Waals surface area contributed by atoms with E-state index in [1.807, 2.05) is 25.2 Å². The highest BCUT2D eigenvalue weighted by atomic mass is 16.2. The molecule has 4 rings (SSSR count). The Kier molecular flexibility index (Phi) is 5.46. The van der Waals surface area contributed by atoms with Crippen LogP contribution in [0.5, 0.6) is 0 Å². The van der Waals surface area contributed by atoms with Gasteiger partial charge in [-0.3, -0.25) is 19.7 Å². The van der Waals surface area contributed by atoms with Crippen LogP contribution in [0.3, 0.4) is 0 Å². The molecule has 3 N–H and O–H groups in total. The molecule has 1 saturated carbocycles. The van der Waals surface area contributed by atoms with Crippen LogP contribution in [0.4, 0.5) is 0 Å². The Morgan fingerprint density at radius 1 is 1.14 bits per heavy atom. The summed E-state index contributed by atoms with van der Waals surface area (Å²) < 4.78 is 0. The first-order valence-electron chi connectivity index (χ1n) is 10.2. The number of fused-ring (bicyclic) bond motifs is 1. The van der Waals surface area contributed by atoms with Gasteiger partial charge in [-0.25, -0.2) is 0 Å². The summed E-state index contributed by atoms with van der Waals surface area (Å²) in [6, 6.07) is 6.38. The number of benzene rings is 1. The molecule has 3 aliphatic rings. The molecule has 28 heavy (non-hydrogen) atoms. The molecule has 1 aliphatic carbocycles. The molecule has 1 saturated heterocycles. The second-order valence-corrected chi connectivity index (χ2v) is 8.08. The maximum Gasteiger partial charge on any atom is 0.255 e. The molecule has 1 aromatic carbocycles. The van der Waals surface area contributed by atoms with Crippen molar-refractivity contribution in [2.75, 3.05) is 7.05 Å². The van der Waals surface area contributed by atoms with Gasteiger partial charge in [0.1, 0.15) is 6.04 Å². The molecule has 0 radical (unpaired) electrons. The summed E-state index contributed by atoms with van der Waals surface area (Å²) in [6.07, 6.45) is 5.35. The van der Waals surface area contributed by atoms with Crippen LogP contribution < -0.4 is 16.0 Å². The van der Waals surface area contributed by atoms with Crippen molar-refractivity contribution in [2.45, 2.75) is 69.7 Å². The summed E-state index contributed by atoms with van der Waals surface area (Å²) in [5, 5.41) is 9.35. The molecule has 3 atom stereocenters. The molecular weight excluding hydrogens is 356 g/mol. The van der Waals surface area contributed by atoms with Gasteiger partial charge in [0.25, 0.3) is 5.91 Å². The van der Waals surface area contributed by atoms with Gasteiger partial charge in [-0.2, -0.15) is 0 Å². The van der Waals surface area contributed by atoms with Gasteiger partial charge in [-0.15, -0.1) is 0 Å². The highest BCUT2D eigenvalue weighted by molar-refractivity contribution is 6.05. The van der Waals surface area contributed by atoms with E-state index in [0.29, 0.717) is 31.6 Å². The third-order valence-corrected chi connectivity index (χ3v) is 6.30. The molecule has 7 nitrogen and oxygen atoms in total. The van der Waals surface area contributed by atoms with Gasteiger partial charge in [-0.05, 0) is 43.9 Å². The molecule has 2 aliphatic heterocycles. The van der Waals surface area contributed by atoms with Crippen LogP contribution in [0.2, 0.25) is 0 Å². The first-order chi connectivity index (χ1) is 13.6. The topological polar surface area (TPSA) is 90.5 Å². The van der Waals surface area contributed by atoms with Gasteiger partial charge in [0.05, 0.1) is 0 Å². The first-order valence-corrected chi connectivity index (χ1v) is 10.2. The van der Waals surface area contributed by atoms with Crippen LogP contribution in [-0.4, -0.2) is 47.8 Å². The second-order valence-electron chi connectivity index (χ2n) is 8.08. The fourth-order valence-corrected chi connectivity index (χ4v) is 4.73. The van der Waals surface area contributed by atoms with Crippen molar-refractivity contribution < 1.29 is 14.4 Å². The summed E-state index contributed by atoms with van der Waals surface area (Å²) >= 11 is 0.